The number of carboxylic acids is 1. The van der Waals surface area contributed by atoms with Crippen molar-refractivity contribution in [2.24, 2.45) is 0 Å². The Kier molecular flexibility index (Phi) is 5.28. The van der Waals surface area contributed by atoms with E-state index in [0.29, 0.717) is 6.04 Å². The van der Waals surface area contributed by atoms with E-state index in [0.717, 1.165) is 10.8 Å². The van der Waals surface area contributed by atoms with E-state index in [1.165, 1.54) is 5.56 Å². The van der Waals surface area contributed by atoms with E-state index in [-0.39, 0.29) is 5.56 Å². The monoisotopic (exact) mass is 293 g/mol. The second-order valence-electron chi connectivity index (χ2n) is 5.16. The Balaban J connectivity index is 0.000000172. The van der Waals surface area contributed by atoms with Gasteiger partial charge in [-0.15, -0.1) is 0 Å². The lowest BCUT2D eigenvalue weighted by Crippen LogP contribution is -2.51. The fraction of sp³-hybridized carbons (Fsp3) is 0.105. The molecule has 3 rings (SSSR count). The highest BCUT2D eigenvalue weighted by atomic mass is 16.4. The lowest BCUT2D eigenvalue weighted by molar-refractivity contribution is -0.420. The molecule has 0 amide bonds. The molecule has 3 aromatic rings. The minimum absolute atomic E-state index is 0.221. The maximum absolute atomic E-state index is 10.5. The van der Waals surface area contributed by atoms with E-state index >= 15 is 0 Å². The van der Waals surface area contributed by atoms with Gasteiger partial charge in [0.2, 0.25) is 0 Å². The van der Waals surface area contributed by atoms with Crippen LogP contribution >= 0.6 is 0 Å². The number of carboxylic acid groups (broad SMARTS) is 1. The number of carbonyl (C=O) groups is 1. The molecule has 1 atom stereocenters. The fourth-order valence-corrected chi connectivity index (χ4v) is 2.10. The molecule has 22 heavy (non-hydrogen) atoms. The van der Waals surface area contributed by atoms with Gasteiger partial charge in [0.05, 0.1) is 5.97 Å². The van der Waals surface area contributed by atoms with Crippen molar-refractivity contribution in [3.8, 4) is 0 Å². The van der Waals surface area contributed by atoms with Crippen LogP contribution in [0.2, 0.25) is 0 Å². The van der Waals surface area contributed by atoms with Crippen LogP contribution < -0.4 is 10.8 Å². The predicted octanol–water partition coefficient (Wildman–Crippen LogP) is 2.19. The first-order chi connectivity index (χ1) is 10.6. The number of fused-ring (bicyclic) bond motifs is 1. The number of carbonyl (C=O) groups excluding carboxylic acids is 1. The molecule has 3 heteroatoms. The summed E-state index contributed by atoms with van der Waals surface area (Å²) in [6.45, 7) is 2.09. The Morgan fingerprint density at radius 2 is 1.50 bits per heavy atom. The number of quaternary nitrogens is 1. The summed E-state index contributed by atoms with van der Waals surface area (Å²) in [6.07, 6.45) is 0. The molecule has 0 radical (unpaired) electrons. The molecule has 0 fully saturated rings. The van der Waals surface area contributed by atoms with Gasteiger partial charge in [-0.1, -0.05) is 66.7 Å². The van der Waals surface area contributed by atoms with Crippen LogP contribution in [0.5, 0.6) is 0 Å². The second kappa shape index (κ2) is 7.38. The molecule has 3 aromatic carbocycles. The summed E-state index contributed by atoms with van der Waals surface area (Å²) >= 11 is 0. The fourth-order valence-electron chi connectivity index (χ4n) is 2.10. The van der Waals surface area contributed by atoms with Crippen LogP contribution in [-0.4, -0.2) is 5.97 Å². The van der Waals surface area contributed by atoms with Crippen molar-refractivity contribution in [2.45, 2.75) is 13.0 Å². The van der Waals surface area contributed by atoms with Crippen LogP contribution in [0.15, 0.2) is 72.8 Å². The normalized spacial score (nSPS) is 11.4. The summed E-state index contributed by atoms with van der Waals surface area (Å²) in [4.78, 5) is 10.5. The highest BCUT2D eigenvalue weighted by molar-refractivity contribution is 5.93. The lowest BCUT2D eigenvalue weighted by Gasteiger charge is -2.03. The minimum atomic E-state index is -1.13. The smallest absolute Gasteiger partial charge is 0.107 e. The number of hydrogen-bond acceptors (Lipinski definition) is 2. The molecule has 0 bridgehead atoms. The first-order valence-corrected chi connectivity index (χ1v) is 7.16. The van der Waals surface area contributed by atoms with Gasteiger partial charge in [-0.3, -0.25) is 0 Å². The van der Waals surface area contributed by atoms with Crippen molar-refractivity contribution in [3.05, 3.63) is 83.9 Å². The van der Waals surface area contributed by atoms with Gasteiger partial charge in [0.1, 0.15) is 6.04 Å². The first-order valence-electron chi connectivity index (χ1n) is 7.16. The first kappa shape index (κ1) is 15.7. The zero-order chi connectivity index (χ0) is 15.9. The van der Waals surface area contributed by atoms with Gasteiger partial charge in [0.15, 0.2) is 0 Å². The Hall–Kier alpha value is -2.65. The average Bonchev–Trinajstić information content (AvgIpc) is 2.55. The number of hydrogen-bond donors (Lipinski definition) is 1. The van der Waals surface area contributed by atoms with E-state index in [9.17, 15) is 9.90 Å². The molecular weight excluding hydrogens is 274 g/mol. The maximum atomic E-state index is 10.5. The Bertz CT molecular complexity index is 751. The molecule has 0 unspecified atom stereocenters. The van der Waals surface area contributed by atoms with E-state index in [1.807, 2.05) is 42.5 Å². The molecule has 0 spiro atoms. The van der Waals surface area contributed by atoms with Crippen molar-refractivity contribution < 1.29 is 15.6 Å². The minimum Gasteiger partial charge on any atom is -0.545 e. The van der Waals surface area contributed by atoms with Crippen LogP contribution in [-0.2, 0) is 0 Å². The standard InChI is InChI=1S/C11H8O2.C8H11N/c12-11(13)10-6-5-8-3-1-2-4-9(8)7-10;1-7(9)8-5-3-2-4-6-8/h1-7H,(H,12,13);2-7H,9H2,1H3/t;7-/m.1/s1. The van der Waals surface area contributed by atoms with Gasteiger partial charge < -0.3 is 15.6 Å². The van der Waals surface area contributed by atoms with Gasteiger partial charge in [0, 0.05) is 5.56 Å². The molecule has 0 saturated carbocycles. The molecule has 0 heterocycles. The molecule has 0 aliphatic carbocycles. The Morgan fingerprint density at radius 3 is 2.05 bits per heavy atom. The summed E-state index contributed by atoms with van der Waals surface area (Å²) in [6, 6.07) is 23.3. The van der Waals surface area contributed by atoms with Crippen LogP contribution in [0, 0.1) is 0 Å². The van der Waals surface area contributed by atoms with Crippen molar-refractivity contribution in [2.75, 3.05) is 0 Å². The van der Waals surface area contributed by atoms with Gasteiger partial charge >= 0.3 is 0 Å². The highest BCUT2D eigenvalue weighted by Crippen LogP contribution is 2.14. The third-order valence-corrected chi connectivity index (χ3v) is 3.35. The van der Waals surface area contributed by atoms with E-state index < -0.39 is 5.97 Å². The van der Waals surface area contributed by atoms with Crippen LogP contribution in [0.1, 0.15) is 28.9 Å². The molecule has 0 saturated heterocycles. The average molecular weight is 293 g/mol. The molecule has 3 N–H and O–H groups in total. The highest BCUT2D eigenvalue weighted by Gasteiger charge is 1.97. The van der Waals surface area contributed by atoms with Gasteiger partial charge in [-0.25, -0.2) is 0 Å². The second-order valence-corrected chi connectivity index (χ2v) is 5.16. The quantitative estimate of drug-likeness (QED) is 0.787. The van der Waals surface area contributed by atoms with Crippen molar-refractivity contribution in [3.63, 3.8) is 0 Å². The predicted molar refractivity (Wildman–Crippen MR) is 86.0 cm³/mol. The van der Waals surface area contributed by atoms with Gasteiger partial charge in [-0.05, 0) is 29.3 Å². The van der Waals surface area contributed by atoms with E-state index in [4.69, 9.17) is 0 Å². The molecule has 3 nitrogen and oxygen atoms in total. The van der Waals surface area contributed by atoms with Crippen molar-refractivity contribution >= 4 is 16.7 Å². The molecule has 112 valence electrons. The number of benzene rings is 3. The Morgan fingerprint density at radius 1 is 0.909 bits per heavy atom. The molecule has 0 aliphatic rings. The summed E-state index contributed by atoms with van der Waals surface area (Å²) in [5, 5.41) is 12.5. The third kappa shape index (κ3) is 4.17. The van der Waals surface area contributed by atoms with Crippen molar-refractivity contribution in [1.29, 1.82) is 0 Å². The van der Waals surface area contributed by atoms with Crippen LogP contribution in [0.3, 0.4) is 0 Å². The lowest BCUT2D eigenvalue weighted by atomic mass is 10.1. The van der Waals surface area contributed by atoms with Gasteiger partial charge in [0.25, 0.3) is 0 Å². The van der Waals surface area contributed by atoms with Crippen LogP contribution in [0.4, 0.5) is 0 Å². The van der Waals surface area contributed by atoms with Crippen molar-refractivity contribution in [1.82, 2.24) is 0 Å². The largest absolute Gasteiger partial charge is 0.545 e. The zero-order valence-electron chi connectivity index (χ0n) is 12.5. The number of rotatable bonds is 2. The van der Waals surface area contributed by atoms with Gasteiger partial charge in [-0.2, -0.15) is 0 Å². The molecule has 0 aromatic heterocycles. The zero-order valence-corrected chi connectivity index (χ0v) is 12.5. The summed E-state index contributed by atoms with van der Waals surface area (Å²) in [5.74, 6) is -1.13. The SMILES string of the molecule is C[C@@H]([NH3+])c1ccccc1.O=C([O-])c1ccc2ccccc2c1. The summed E-state index contributed by atoms with van der Waals surface area (Å²) in [5.41, 5.74) is 5.43. The molecule has 0 aliphatic heterocycles. The number of aromatic carboxylic acids is 1. The maximum Gasteiger partial charge on any atom is 0.107 e. The van der Waals surface area contributed by atoms with E-state index in [1.54, 1.807) is 18.2 Å². The van der Waals surface area contributed by atoms with Crippen LogP contribution in [0.25, 0.3) is 10.8 Å². The summed E-state index contributed by atoms with van der Waals surface area (Å²) < 4.78 is 0. The topological polar surface area (TPSA) is 67.8 Å². The Labute approximate surface area is 130 Å². The molecular formula is C19H19NO2. The van der Waals surface area contributed by atoms with E-state index in [2.05, 4.69) is 24.8 Å². The summed E-state index contributed by atoms with van der Waals surface area (Å²) in [7, 11) is 0. The third-order valence-electron chi connectivity index (χ3n) is 3.35.